The van der Waals surface area contributed by atoms with Gasteiger partial charge in [0.25, 0.3) is 0 Å². The third-order valence-electron chi connectivity index (χ3n) is 3.79. The molecule has 1 aromatic heterocycles. The lowest BCUT2D eigenvalue weighted by molar-refractivity contribution is 0.652. The van der Waals surface area contributed by atoms with E-state index in [1.807, 2.05) is 24.4 Å². The van der Waals surface area contributed by atoms with Crippen molar-refractivity contribution in [1.82, 2.24) is 9.97 Å². The molecule has 98 valence electrons. The third kappa shape index (κ3) is 2.75. The number of hydrogen-bond donors (Lipinski definition) is 1. The van der Waals surface area contributed by atoms with Crippen LogP contribution in [0.4, 0.5) is 5.69 Å². The fourth-order valence-electron chi connectivity index (χ4n) is 2.65. The van der Waals surface area contributed by atoms with Gasteiger partial charge in [-0.05, 0) is 49.3 Å². The van der Waals surface area contributed by atoms with Crippen LogP contribution in [-0.4, -0.2) is 9.97 Å². The summed E-state index contributed by atoms with van der Waals surface area (Å²) in [5.74, 6) is 0.948. The maximum Gasteiger partial charge on any atom is 0.128 e. The fraction of sp³-hybridized carbons (Fsp3) is 0.375. The molecule has 0 radical (unpaired) electrons. The molecule has 0 bridgehead atoms. The van der Waals surface area contributed by atoms with Crippen LogP contribution in [0.2, 0.25) is 0 Å². The molecule has 1 aliphatic rings. The van der Waals surface area contributed by atoms with Crippen molar-refractivity contribution in [2.24, 2.45) is 0 Å². The van der Waals surface area contributed by atoms with Gasteiger partial charge in [0.05, 0.1) is 0 Å². The number of nitrogens with two attached hydrogens (primary N) is 1. The Kier molecular flexibility index (Phi) is 3.45. The summed E-state index contributed by atoms with van der Waals surface area (Å²) in [4.78, 5) is 9.19. The zero-order valence-electron chi connectivity index (χ0n) is 11.1. The first-order valence-electron chi connectivity index (χ1n) is 7.00. The van der Waals surface area contributed by atoms with Gasteiger partial charge in [0.1, 0.15) is 5.82 Å². The van der Waals surface area contributed by atoms with Gasteiger partial charge in [-0.2, -0.15) is 0 Å². The first kappa shape index (κ1) is 12.2. The van der Waals surface area contributed by atoms with Crippen LogP contribution >= 0.6 is 0 Å². The normalized spacial score (nSPS) is 14.1. The highest BCUT2D eigenvalue weighted by Gasteiger charge is 2.12. The Bertz CT molecular complexity index is 578. The molecule has 0 amide bonds. The maximum absolute atomic E-state index is 5.95. The van der Waals surface area contributed by atoms with E-state index in [-0.39, 0.29) is 0 Å². The molecule has 2 N–H and O–H groups in total. The number of fused-ring (bicyclic) bond motifs is 1. The van der Waals surface area contributed by atoms with Crippen LogP contribution in [0.15, 0.2) is 30.5 Å². The Labute approximate surface area is 113 Å². The zero-order valence-corrected chi connectivity index (χ0v) is 11.1. The summed E-state index contributed by atoms with van der Waals surface area (Å²) in [6.07, 6.45) is 8.57. The SMILES string of the molecule is Nc1ccccc1CCc1ncc2c(n1)CCCC2. The van der Waals surface area contributed by atoms with Crippen molar-refractivity contribution < 1.29 is 0 Å². The van der Waals surface area contributed by atoms with Gasteiger partial charge in [-0.25, -0.2) is 9.97 Å². The van der Waals surface area contributed by atoms with Crippen LogP contribution < -0.4 is 5.73 Å². The molecule has 1 heterocycles. The second kappa shape index (κ2) is 5.39. The number of nitrogen functional groups attached to an aromatic ring is 1. The van der Waals surface area contributed by atoms with Gasteiger partial charge in [-0.3, -0.25) is 0 Å². The van der Waals surface area contributed by atoms with Crippen LogP contribution in [0.1, 0.15) is 35.5 Å². The molecule has 3 nitrogen and oxygen atoms in total. The summed E-state index contributed by atoms with van der Waals surface area (Å²) in [7, 11) is 0. The monoisotopic (exact) mass is 253 g/mol. The van der Waals surface area contributed by atoms with E-state index < -0.39 is 0 Å². The van der Waals surface area contributed by atoms with E-state index in [1.165, 1.54) is 29.7 Å². The predicted octanol–water partition coefficient (Wildman–Crippen LogP) is 2.72. The second-order valence-corrected chi connectivity index (χ2v) is 5.16. The standard InChI is InChI=1S/C16H19N3/c17-14-7-3-1-5-12(14)9-10-16-18-11-13-6-2-4-8-15(13)19-16/h1,3,5,7,11H,2,4,6,8-10,17H2. The molecular weight excluding hydrogens is 234 g/mol. The summed E-state index contributed by atoms with van der Waals surface area (Å²) >= 11 is 0. The van der Waals surface area contributed by atoms with Crippen molar-refractivity contribution in [2.45, 2.75) is 38.5 Å². The van der Waals surface area contributed by atoms with E-state index >= 15 is 0 Å². The first-order chi connectivity index (χ1) is 9.33. The molecule has 0 saturated carbocycles. The van der Waals surface area contributed by atoms with E-state index in [0.717, 1.165) is 37.2 Å². The van der Waals surface area contributed by atoms with E-state index in [0.29, 0.717) is 0 Å². The van der Waals surface area contributed by atoms with Gasteiger partial charge < -0.3 is 5.73 Å². The van der Waals surface area contributed by atoms with E-state index in [2.05, 4.69) is 11.1 Å². The Hall–Kier alpha value is -1.90. The second-order valence-electron chi connectivity index (χ2n) is 5.16. The third-order valence-corrected chi connectivity index (χ3v) is 3.79. The minimum Gasteiger partial charge on any atom is -0.399 e. The Morgan fingerprint density at radius 2 is 1.89 bits per heavy atom. The lowest BCUT2D eigenvalue weighted by atomic mass is 9.97. The highest BCUT2D eigenvalue weighted by molar-refractivity contribution is 5.46. The number of anilines is 1. The van der Waals surface area contributed by atoms with Crippen molar-refractivity contribution in [3.63, 3.8) is 0 Å². The lowest BCUT2D eigenvalue weighted by Gasteiger charge is -2.14. The number of nitrogens with zero attached hydrogens (tertiary/aromatic N) is 2. The van der Waals surface area contributed by atoms with Gasteiger partial charge in [0, 0.05) is 24.0 Å². The number of rotatable bonds is 3. The quantitative estimate of drug-likeness (QED) is 0.856. The van der Waals surface area contributed by atoms with Gasteiger partial charge in [-0.15, -0.1) is 0 Å². The molecule has 0 spiro atoms. The average Bonchev–Trinajstić information content (AvgIpc) is 2.46. The van der Waals surface area contributed by atoms with Crippen molar-refractivity contribution in [2.75, 3.05) is 5.73 Å². The predicted molar refractivity (Wildman–Crippen MR) is 76.9 cm³/mol. The summed E-state index contributed by atoms with van der Waals surface area (Å²) in [5, 5.41) is 0. The molecule has 1 aliphatic carbocycles. The summed E-state index contributed by atoms with van der Waals surface area (Å²) in [6.45, 7) is 0. The zero-order chi connectivity index (χ0) is 13.1. The molecule has 2 aromatic rings. The molecule has 3 rings (SSSR count). The van der Waals surface area contributed by atoms with Crippen molar-refractivity contribution in [1.29, 1.82) is 0 Å². The van der Waals surface area contributed by atoms with Crippen molar-refractivity contribution in [3.8, 4) is 0 Å². The minimum atomic E-state index is 0.862. The van der Waals surface area contributed by atoms with Crippen LogP contribution in [-0.2, 0) is 25.7 Å². The topological polar surface area (TPSA) is 51.8 Å². The van der Waals surface area contributed by atoms with Gasteiger partial charge in [0.15, 0.2) is 0 Å². The Balaban J connectivity index is 1.72. The highest BCUT2D eigenvalue weighted by atomic mass is 14.9. The molecule has 0 atom stereocenters. The number of hydrogen-bond acceptors (Lipinski definition) is 3. The van der Waals surface area contributed by atoms with Crippen molar-refractivity contribution in [3.05, 3.63) is 53.1 Å². The number of aryl methyl sites for hydroxylation is 4. The summed E-state index contributed by atoms with van der Waals surface area (Å²) < 4.78 is 0. The van der Waals surface area contributed by atoms with E-state index in [4.69, 9.17) is 10.7 Å². The lowest BCUT2D eigenvalue weighted by Crippen LogP contribution is -2.09. The largest absolute Gasteiger partial charge is 0.399 e. The van der Waals surface area contributed by atoms with Crippen LogP contribution in [0, 0.1) is 0 Å². The van der Waals surface area contributed by atoms with Gasteiger partial charge in [0.2, 0.25) is 0 Å². The number of aromatic nitrogens is 2. The van der Waals surface area contributed by atoms with Gasteiger partial charge >= 0.3 is 0 Å². The van der Waals surface area contributed by atoms with Crippen LogP contribution in [0.5, 0.6) is 0 Å². The molecule has 0 saturated heterocycles. The first-order valence-corrected chi connectivity index (χ1v) is 7.00. The fourth-order valence-corrected chi connectivity index (χ4v) is 2.65. The molecule has 19 heavy (non-hydrogen) atoms. The smallest absolute Gasteiger partial charge is 0.128 e. The van der Waals surface area contributed by atoms with E-state index in [1.54, 1.807) is 0 Å². The summed E-state index contributed by atoms with van der Waals surface area (Å²) in [6, 6.07) is 8.02. The van der Waals surface area contributed by atoms with Crippen LogP contribution in [0.25, 0.3) is 0 Å². The maximum atomic E-state index is 5.95. The molecular formula is C16H19N3. The van der Waals surface area contributed by atoms with Crippen LogP contribution in [0.3, 0.4) is 0 Å². The molecule has 0 fully saturated rings. The molecule has 3 heteroatoms. The molecule has 1 aromatic carbocycles. The average molecular weight is 253 g/mol. The Morgan fingerprint density at radius 3 is 2.79 bits per heavy atom. The number of para-hydroxylation sites is 1. The van der Waals surface area contributed by atoms with Gasteiger partial charge in [-0.1, -0.05) is 18.2 Å². The Morgan fingerprint density at radius 1 is 1.05 bits per heavy atom. The molecule has 0 unspecified atom stereocenters. The number of benzene rings is 1. The summed E-state index contributed by atoms with van der Waals surface area (Å²) in [5.41, 5.74) is 10.6. The molecule has 0 aliphatic heterocycles. The minimum absolute atomic E-state index is 0.862. The van der Waals surface area contributed by atoms with E-state index in [9.17, 15) is 0 Å². The van der Waals surface area contributed by atoms with Crippen molar-refractivity contribution >= 4 is 5.69 Å². The highest BCUT2D eigenvalue weighted by Crippen LogP contribution is 2.19.